The molecule has 0 fully saturated rings. The molecule has 1 aromatic carbocycles. The van der Waals surface area contributed by atoms with Crippen LogP contribution in [0.4, 0.5) is 18.0 Å². The van der Waals surface area contributed by atoms with Gasteiger partial charge in [-0.3, -0.25) is 4.90 Å². The predicted octanol–water partition coefficient (Wildman–Crippen LogP) is 3.40. The van der Waals surface area contributed by atoms with Gasteiger partial charge in [-0.1, -0.05) is 13.0 Å². The zero-order valence-corrected chi connectivity index (χ0v) is 17.6. The molecular formula is C18H22F3NO7S. The number of benzene rings is 1. The first-order valence-electron chi connectivity index (χ1n) is 8.93. The number of aliphatic carboxylic acids is 1. The fraction of sp³-hybridized carbons (Fsp3) is 0.556. The van der Waals surface area contributed by atoms with Gasteiger partial charge in [0.05, 0.1) is 0 Å². The number of hydrogen-bond acceptors (Lipinski definition) is 6. The molecule has 30 heavy (non-hydrogen) atoms. The maximum Gasteiger partial charge on any atom is 0.534 e. The Kier molecular flexibility index (Phi) is 6.05. The third kappa shape index (κ3) is 4.32. The Hall–Kier alpha value is -2.50. The molecule has 1 atom stereocenters. The van der Waals surface area contributed by atoms with Crippen molar-refractivity contribution >= 4 is 22.2 Å². The van der Waals surface area contributed by atoms with E-state index in [0.29, 0.717) is 0 Å². The SMILES string of the molecule is CCC1(C(=O)O)c2ccc(OS(=O)(=O)C(F)(F)F)cc2CCN1C(=O)OC(C)(C)C. The molecule has 168 valence electrons. The average Bonchev–Trinajstić information content (AvgIpc) is 2.57. The summed E-state index contributed by atoms with van der Waals surface area (Å²) >= 11 is 0. The standard InChI is InChI=1S/C18H22F3NO7S/c1-5-17(14(23)24)13-7-6-12(29-30(26,27)18(19,20)21)10-11(13)8-9-22(17)15(25)28-16(2,3)4/h6-7,10H,5,8-9H2,1-4H3,(H,23,24). The van der Waals surface area contributed by atoms with Crippen LogP contribution in [0.1, 0.15) is 45.2 Å². The number of hydrogen-bond donors (Lipinski definition) is 1. The van der Waals surface area contributed by atoms with Crippen LogP contribution >= 0.6 is 0 Å². The number of ether oxygens (including phenoxy) is 1. The fourth-order valence-corrected chi connectivity index (χ4v) is 3.75. The molecule has 12 heteroatoms. The second kappa shape index (κ2) is 7.64. The summed E-state index contributed by atoms with van der Waals surface area (Å²) in [4.78, 5) is 26.0. The minimum Gasteiger partial charge on any atom is -0.479 e. The van der Waals surface area contributed by atoms with Gasteiger partial charge in [0, 0.05) is 6.54 Å². The molecule has 1 N–H and O–H groups in total. The van der Waals surface area contributed by atoms with Crippen LogP contribution in [0, 0.1) is 0 Å². The van der Waals surface area contributed by atoms with Gasteiger partial charge < -0.3 is 14.0 Å². The van der Waals surface area contributed by atoms with Gasteiger partial charge in [0.1, 0.15) is 11.4 Å². The summed E-state index contributed by atoms with van der Waals surface area (Å²) < 4.78 is 69.6. The topological polar surface area (TPSA) is 110 Å². The summed E-state index contributed by atoms with van der Waals surface area (Å²) in [6.07, 6.45) is -0.847. The molecule has 0 aromatic heterocycles. The van der Waals surface area contributed by atoms with E-state index in [1.54, 1.807) is 27.7 Å². The largest absolute Gasteiger partial charge is 0.534 e. The number of amides is 1. The highest BCUT2D eigenvalue weighted by Gasteiger charge is 2.52. The van der Waals surface area contributed by atoms with Crippen molar-refractivity contribution in [2.45, 2.75) is 57.2 Å². The van der Waals surface area contributed by atoms with Crippen LogP contribution in [-0.2, 0) is 31.6 Å². The monoisotopic (exact) mass is 453 g/mol. The quantitative estimate of drug-likeness (QED) is 0.550. The van der Waals surface area contributed by atoms with E-state index >= 15 is 0 Å². The number of carboxylic acids is 1. The Labute approximate surface area is 171 Å². The smallest absolute Gasteiger partial charge is 0.479 e. The Morgan fingerprint density at radius 2 is 1.83 bits per heavy atom. The molecule has 0 saturated carbocycles. The molecular weight excluding hydrogens is 431 g/mol. The van der Waals surface area contributed by atoms with Crippen LogP contribution in [0.5, 0.6) is 5.75 Å². The van der Waals surface area contributed by atoms with Crippen molar-refractivity contribution in [3.8, 4) is 5.75 Å². The van der Waals surface area contributed by atoms with E-state index in [-0.39, 0.29) is 30.5 Å². The molecule has 1 unspecified atom stereocenters. The highest BCUT2D eigenvalue weighted by Crippen LogP contribution is 2.41. The molecule has 1 aliphatic rings. The van der Waals surface area contributed by atoms with E-state index in [2.05, 4.69) is 4.18 Å². The number of fused-ring (bicyclic) bond motifs is 1. The molecule has 0 bridgehead atoms. The normalized spacial score (nSPS) is 19.8. The number of halogens is 3. The first kappa shape index (κ1) is 23.8. The maximum absolute atomic E-state index is 12.7. The van der Waals surface area contributed by atoms with Crippen molar-refractivity contribution in [2.75, 3.05) is 6.54 Å². The van der Waals surface area contributed by atoms with E-state index in [0.717, 1.165) is 23.1 Å². The van der Waals surface area contributed by atoms with Gasteiger partial charge >= 0.3 is 27.7 Å². The lowest BCUT2D eigenvalue weighted by Gasteiger charge is -2.44. The van der Waals surface area contributed by atoms with Crippen LogP contribution in [0.3, 0.4) is 0 Å². The molecule has 0 saturated heterocycles. The van der Waals surface area contributed by atoms with Gasteiger partial charge in [-0.25, -0.2) is 9.59 Å². The number of alkyl halides is 3. The molecule has 1 heterocycles. The lowest BCUT2D eigenvalue weighted by atomic mass is 9.78. The predicted molar refractivity (Wildman–Crippen MR) is 98.3 cm³/mol. The van der Waals surface area contributed by atoms with Crippen molar-refractivity contribution in [1.29, 1.82) is 0 Å². The second-order valence-electron chi connectivity index (χ2n) is 7.70. The third-order valence-corrected chi connectivity index (χ3v) is 5.54. The van der Waals surface area contributed by atoms with E-state index in [1.807, 2.05) is 0 Å². The van der Waals surface area contributed by atoms with Gasteiger partial charge in [0.2, 0.25) is 0 Å². The summed E-state index contributed by atoms with van der Waals surface area (Å²) in [5.74, 6) is -1.96. The van der Waals surface area contributed by atoms with Crippen LogP contribution in [0.2, 0.25) is 0 Å². The molecule has 2 rings (SSSR count). The Morgan fingerprint density at radius 3 is 2.30 bits per heavy atom. The average molecular weight is 453 g/mol. The molecule has 8 nitrogen and oxygen atoms in total. The van der Waals surface area contributed by atoms with Crippen molar-refractivity contribution < 1.29 is 45.2 Å². The summed E-state index contributed by atoms with van der Waals surface area (Å²) in [6.45, 7) is 6.32. The Bertz CT molecular complexity index is 954. The number of carbonyl (C=O) groups is 2. The van der Waals surface area contributed by atoms with Crippen LogP contribution in [-0.4, -0.2) is 48.1 Å². The number of carbonyl (C=O) groups excluding carboxylic acids is 1. The molecule has 1 aliphatic heterocycles. The van der Waals surface area contributed by atoms with Gasteiger partial charge in [-0.05, 0) is 56.9 Å². The summed E-state index contributed by atoms with van der Waals surface area (Å²) in [7, 11) is -5.87. The highest BCUT2D eigenvalue weighted by molar-refractivity contribution is 7.88. The van der Waals surface area contributed by atoms with Crippen molar-refractivity contribution in [2.24, 2.45) is 0 Å². The molecule has 0 radical (unpaired) electrons. The van der Waals surface area contributed by atoms with Crippen LogP contribution < -0.4 is 4.18 Å². The Balaban J connectivity index is 2.52. The van der Waals surface area contributed by atoms with Crippen LogP contribution in [0.15, 0.2) is 18.2 Å². The zero-order chi connectivity index (χ0) is 23.1. The van der Waals surface area contributed by atoms with E-state index < -0.39 is 44.6 Å². The summed E-state index contributed by atoms with van der Waals surface area (Å²) in [5, 5.41) is 9.99. The number of nitrogens with zero attached hydrogens (tertiary/aromatic N) is 1. The van der Waals surface area contributed by atoms with Gasteiger partial charge in [0.25, 0.3) is 0 Å². The first-order valence-corrected chi connectivity index (χ1v) is 10.3. The summed E-state index contributed by atoms with van der Waals surface area (Å²) in [5.41, 5.74) is -7.92. The Morgan fingerprint density at radius 1 is 1.23 bits per heavy atom. The third-order valence-electron chi connectivity index (χ3n) is 4.56. The van der Waals surface area contributed by atoms with Crippen molar-refractivity contribution in [1.82, 2.24) is 4.90 Å². The molecule has 1 amide bonds. The minimum atomic E-state index is -5.87. The van der Waals surface area contributed by atoms with Crippen LogP contribution in [0.25, 0.3) is 0 Å². The lowest BCUT2D eigenvalue weighted by molar-refractivity contribution is -0.153. The molecule has 0 aliphatic carbocycles. The number of rotatable bonds is 4. The number of carboxylic acid groups (broad SMARTS) is 1. The van der Waals surface area contributed by atoms with Gasteiger partial charge in [-0.15, -0.1) is 0 Å². The van der Waals surface area contributed by atoms with E-state index in [4.69, 9.17) is 4.74 Å². The highest BCUT2D eigenvalue weighted by atomic mass is 32.2. The zero-order valence-electron chi connectivity index (χ0n) is 16.7. The van der Waals surface area contributed by atoms with Crippen molar-refractivity contribution in [3.05, 3.63) is 29.3 Å². The molecule has 1 aromatic rings. The van der Waals surface area contributed by atoms with Crippen molar-refractivity contribution in [3.63, 3.8) is 0 Å². The van der Waals surface area contributed by atoms with E-state index in [9.17, 15) is 36.3 Å². The molecule has 0 spiro atoms. The minimum absolute atomic E-state index is 0.0599. The lowest BCUT2D eigenvalue weighted by Crippen LogP contribution is -2.58. The van der Waals surface area contributed by atoms with Gasteiger partial charge in [0.15, 0.2) is 5.54 Å². The maximum atomic E-state index is 12.7. The van der Waals surface area contributed by atoms with Gasteiger partial charge in [-0.2, -0.15) is 21.6 Å². The summed E-state index contributed by atoms with van der Waals surface area (Å²) in [6, 6.07) is 3.12. The second-order valence-corrected chi connectivity index (χ2v) is 9.24. The van der Waals surface area contributed by atoms with E-state index in [1.165, 1.54) is 0 Å². The first-order chi connectivity index (χ1) is 13.5. The fourth-order valence-electron chi connectivity index (χ4n) is 3.30.